The summed E-state index contributed by atoms with van der Waals surface area (Å²) in [7, 11) is 0. The fourth-order valence-electron chi connectivity index (χ4n) is 2.49. The molecule has 7 nitrogen and oxygen atoms in total. The van der Waals surface area contributed by atoms with Crippen LogP contribution >= 0.6 is 0 Å². The number of amides is 3. The summed E-state index contributed by atoms with van der Waals surface area (Å²) in [5, 5.41) is 8.28. The van der Waals surface area contributed by atoms with Gasteiger partial charge in [0.1, 0.15) is 0 Å². The Morgan fingerprint density at radius 3 is 2.35 bits per heavy atom. The average Bonchev–Trinajstić information content (AvgIpc) is 2.27. The van der Waals surface area contributed by atoms with Gasteiger partial charge in [-0.05, 0) is 13.8 Å². The highest BCUT2D eigenvalue weighted by Gasteiger charge is 2.28. The van der Waals surface area contributed by atoms with Gasteiger partial charge in [0.2, 0.25) is 5.91 Å². The summed E-state index contributed by atoms with van der Waals surface area (Å²) in [6, 6.07) is 0.286. The first-order valence-corrected chi connectivity index (χ1v) is 7.32. The molecule has 2 saturated heterocycles. The second kappa shape index (κ2) is 7.01. The second-order valence-electron chi connectivity index (χ2n) is 5.80. The number of nitrogens with zero attached hydrogens (tertiary/aromatic N) is 2. The van der Waals surface area contributed by atoms with Gasteiger partial charge in [0.25, 0.3) is 0 Å². The molecule has 2 rings (SSSR count). The van der Waals surface area contributed by atoms with Crippen LogP contribution in [-0.4, -0.2) is 79.6 Å². The number of piperazine rings is 1. The van der Waals surface area contributed by atoms with Crippen molar-refractivity contribution in [3.63, 3.8) is 0 Å². The highest BCUT2D eigenvalue weighted by molar-refractivity contribution is 5.95. The van der Waals surface area contributed by atoms with Crippen molar-refractivity contribution in [3.05, 3.63) is 0 Å². The molecule has 0 radical (unpaired) electrons. The Morgan fingerprint density at radius 2 is 1.85 bits per heavy atom. The van der Waals surface area contributed by atoms with Gasteiger partial charge in [0.05, 0.1) is 6.54 Å². The highest BCUT2D eigenvalue weighted by Crippen LogP contribution is 2.09. The van der Waals surface area contributed by atoms with E-state index in [4.69, 9.17) is 0 Å². The minimum atomic E-state index is -0.413. The first kappa shape index (κ1) is 15.2. The van der Waals surface area contributed by atoms with E-state index in [2.05, 4.69) is 25.8 Å². The minimum Gasteiger partial charge on any atom is -0.336 e. The van der Waals surface area contributed by atoms with Gasteiger partial charge in [-0.1, -0.05) is 0 Å². The van der Waals surface area contributed by atoms with Crippen LogP contribution in [0.25, 0.3) is 0 Å². The SMILES string of the molecule is CC(C)NC(=O)NC(=O)CN1CCN(C2CNC2)CC1. The third-order valence-electron chi connectivity index (χ3n) is 3.72. The molecule has 2 fully saturated rings. The van der Waals surface area contributed by atoms with Gasteiger partial charge in [0.15, 0.2) is 0 Å². The standard InChI is InChI=1S/C13H25N5O2/c1-10(2)15-13(20)16-12(19)9-17-3-5-18(6-4-17)11-7-14-8-11/h10-11,14H,3-9H2,1-2H3,(H2,15,16,19,20). The van der Waals surface area contributed by atoms with E-state index in [1.807, 2.05) is 13.8 Å². The van der Waals surface area contributed by atoms with Crippen molar-refractivity contribution in [2.45, 2.75) is 25.9 Å². The average molecular weight is 283 g/mol. The molecule has 3 N–H and O–H groups in total. The first-order chi connectivity index (χ1) is 9.54. The van der Waals surface area contributed by atoms with E-state index in [0.29, 0.717) is 12.6 Å². The lowest BCUT2D eigenvalue weighted by atomic mass is 10.1. The van der Waals surface area contributed by atoms with Crippen molar-refractivity contribution in [1.82, 2.24) is 25.8 Å². The van der Waals surface area contributed by atoms with E-state index in [1.54, 1.807) is 0 Å². The number of nitrogens with one attached hydrogen (secondary N) is 3. The predicted octanol–water partition coefficient (Wildman–Crippen LogP) is -1.19. The lowest BCUT2D eigenvalue weighted by molar-refractivity contribution is -0.121. The topological polar surface area (TPSA) is 76.7 Å². The smallest absolute Gasteiger partial charge is 0.321 e. The molecule has 3 amide bonds. The van der Waals surface area contributed by atoms with Gasteiger partial charge in [-0.3, -0.25) is 19.9 Å². The molecule has 0 saturated carbocycles. The molecule has 0 bridgehead atoms. The number of hydrogen-bond donors (Lipinski definition) is 3. The Bertz CT molecular complexity index is 349. The van der Waals surface area contributed by atoms with Gasteiger partial charge in [0, 0.05) is 51.4 Å². The van der Waals surface area contributed by atoms with E-state index >= 15 is 0 Å². The highest BCUT2D eigenvalue weighted by atomic mass is 16.2. The molecule has 2 aliphatic heterocycles. The van der Waals surface area contributed by atoms with Crippen LogP contribution in [0, 0.1) is 0 Å². The maximum Gasteiger partial charge on any atom is 0.321 e. The van der Waals surface area contributed by atoms with Gasteiger partial charge in [-0.15, -0.1) is 0 Å². The van der Waals surface area contributed by atoms with Crippen molar-refractivity contribution in [3.8, 4) is 0 Å². The molecule has 2 aliphatic rings. The van der Waals surface area contributed by atoms with Crippen molar-refractivity contribution < 1.29 is 9.59 Å². The zero-order valence-corrected chi connectivity index (χ0v) is 12.3. The number of rotatable bonds is 4. The third-order valence-corrected chi connectivity index (χ3v) is 3.72. The van der Waals surface area contributed by atoms with Crippen LogP contribution in [0.5, 0.6) is 0 Å². The van der Waals surface area contributed by atoms with Crippen molar-refractivity contribution >= 4 is 11.9 Å². The Labute approximate surface area is 120 Å². The maximum atomic E-state index is 11.7. The Morgan fingerprint density at radius 1 is 1.20 bits per heavy atom. The van der Waals surface area contributed by atoms with Crippen LogP contribution in [0.3, 0.4) is 0 Å². The molecule has 0 aromatic heterocycles. The maximum absolute atomic E-state index is 11.7. The molecule has 0 atom stereocenters. The lowest BCUT2D eigenvalue weighted by Crippen LogP contribution is -2.62. The molecule has 0 unspecified atom stereocenters. The summed E-state index contributed by atoms with van der Waals surface area (Å²) >= 11 is 0. The Hall–Kier alpha value is -1.18. The van der Waals surface area contributed by atoms with Crippen LogP contribution in [0.4, 0.5) is 4.79 Å². The molecule has 0 aliphatic carbocycles. The predicted molar refractivity (Wildman–Crippen MR) is 76.5 cm³/mol. The molecule has 20 heavy (non-hydrogen) atoms. The van der Waals surface area contributed by atoms with Crippen LogP contribution < -0.4 is 16.0 Å². The molecule has 0 spiro atoms. The summed E-state index contributed by atoms with van der Waals surface area (Å²) in [4.78, 5) is 27.7. The largest absolute Gasteiger partial charge is 0.336 e. The fourth-order valence-corrected chi connectivity index (χ4v) is 2.49. The zero-order chi connectivity index (χ0) is 14.5. The molecule has 0 aromatic rings. The van der Waals surface area contributed by atoms with Gasteiger partial charge in [-0.25, -0.2) is 4.79 Å². The van der Waals surface area contributed by atoms with E-state index < -0.39 is 6.03 Å². The molecule has 2 heterocycles. The molecular weight excluding hydrogens is 258 g/mol. The number of imide groups is 1. The summed E-state index contributed by atoms with van der Waals surface area (Å²) in [6.07, 6.45) is 0. The van der Waals surface area contributed by atoms with Gasteiger partial charge in [-0.2, -0.15) is 0 Å². The quantitative estimate of drug-likeness (QED) is 0.605. The van der Waals surface area contributed by atoms with Gasteiger partial charge >= 0.3 is 6.03 Å². The van der Waals surface area contributed by atoms with Crippen molar-refractivity contribution in [2.75, 3.05) is 45.8 Å². The summed E-state index contributed by atoms with van der Waals surface area (Å²) in [5.41, 5.74) is 0. The van der Waals surface area contributed by atoms with Crippen LogP contribution in [0.1, 0.15) is 13.8 Å². The van der Waals surface area contributed by atoms with E-state index in [-0.39, 0.29) is 11.9 Å². The number of urea groups is 1. The third kappa shape index (κ3) is 4.43. The molecule has 0 aromatic carbocycles. The van der Waals surface area contributed by atoms with Crippen LogP contribution in [0.2, 0.25) is 0 Å². The molecule has 7 heteroatoms. The normalized spacial score (nSPS) is 21.6. The Balaban J connectivity index is 1.64. The first-order valence-electron chi connectivity index (χ1n) is 7.32. The number of carbonyl (C=O) groups excluding carboxylic acids is 2. The van der Waals surface area contributed by atoms with Gasteiger partial charge < -0.3 is 10.6 Å². The number of carbonyl (C=O) groups is 2. The van der Waals surface area contributed by atoms with Crippen molar-refractivity contribution in [2.24, 2.45) is 0 Å². The lowest BCUT2D eigenvalue weighted by Gasteiger charge is -2.43. The van der Waals surface area contributed by atoms with Crippen LogP contribution in [-0.2, 0) is 4.79 Å². The minimum absolute atomic E-state index is 0.0300. The summed E-state index contributed by atoms with van der Waals surface area (Å²) < 4.78 is 0. The van der Waals surface area contributed by atoms with Crippen molar-refractivity contribution in [1.29, 1.82) is 0 Å². The summed E-state index contributed by atoms with van der Waals surface area (Å²) in [5.74, 6) is -0.234. The molecule has 114 valence electrons. The summed E-state index contributed by atoms with van der Waals surface area (Å²) in [6.45, 7) is 9.94. The Kier molecular flexibility index (Phi) is 5.33. The fraction of sp³-hybridized carbons (Fsp3) is 0.846. The number of hydrogen-bond acceptors (Lipinski definition) is 5. The second-order valence-corrected chi connectivity index (χ2v) is 5.80. The van der Waals surface area contributed by atoms with Crippen LogP contribution in [0.15, 0.2) is 0 Å². The van der Waals surface area contributed by atoms with E-state index in [0.717, 1.165) is 39.3 Å². The monoisotopic (exact) mass is 283 g/mol. The van der Waals surface area contributed by atoms with E-state index in [9.17, 15) is 9.59 Å². The molecular formula is C13H25N5O2. The zero-order valence-electron chi connectivity index (χ0n) is 12.3. The van der Waals surface area contributed by atoms with E-state index in [1.165, 1.54) is 0 Å².